The van der Waals surface area contributed by atoms with E-state index in [1.807, 2.05) is 6.20 Å². The first-order valence-corrected chi connectivity index (χ1v) is 9.88. The zero-order valence-corrected chi connectivity index (χ0v) is 16.1. The quantitative estimate of drug-likeness (QED) is 0.548. The average Bonchev–Trinajstić information content (AvgIpc) is 3.13. The predicted octanol–water partition coefficient (Wildman–Crippen LogP) is 3.83. The number of aliphatic imine (C=N–C) groups is 1. The Labute approximate surface area is 148 Å². The number of thiazole rings is 1. The van der Waals surface area contributed by atoms with Crippen molar-refractivity contribution < 1.29 is 0 Å². The summed E-state index contributed by atoms with van der Waals surface area (Å²) in [6.07, 6.45) is 3.97. The van der Waals surface area contributed by atoms with E-state index in [1.165, 1.54) is 14.8 Å². The zero-order chi connectivity index (χ0) is 15.8. The first-order valence-electron chi connectivity index (χ1n) is 7.40. The fraction of sp³-hybridized carbons (Fsp3) is 0.467. The molecule has 0 unspecified atom stereocenters. The van der Waals surface area contributed by atoms with Gasteiger partial charge in [-0.15, -0.1) is 22.7 Å². The summed E-state index contributed by atoms with van der Waals surface area (Å²) in [5.41, 5.74) is 0. The highest BCUT2D eigenvalue weighted by molar-refractivity contribution is 9.10. The van der Waals surface area contributed by atoms with Crippen LogP contribution in [0.4, 0.5) is 0 Å². The first kappa shape index (κ1) is 17.4. The van der Waals surface area contributed by atoms with Crippen LogP contribution in [0.5, 0.6) is 0 Å². The van der Waals surface area contributed by atoms with Gasteiger partial charge in [0.25, 0.3) is 0 Å². The maximum Gasteiger partial charge on any atom is 0.191 e. The number of rotatable bonds is 7. The summed E-state index contributed by atoms with van der Waals surface area (Å²) in [5.74, 6) is 0.860. The summed E-state index contributed by atoms with van der Waals surface area (Å²) in [4.78, 5) is 11.7. The molecular weight excluding hydrogens is 380 g/mol. The van der Waals surface area contributed by atoms with Gasteiger partial charge in [0.05, 0.1) is 11.6 Å². The van der Waals surface area contributed by atoms with Crippen molar-refractivity contribution in [2.75, 3.05) is 13.1 Å². The summed E-state index contributed by atoms with van der Waals surface area (Å²) in [6.45, 7) is 6.64. The van der Waals surface area contributed by atoms with Crippen molar-refractivity contribution >= 4 is 44.6 Å². The molecule has 0 radical (unpaired) electrons. The third kappa shape index (κ3) is 5.70. The zero-order valence-electron chi connectivity index (χ0n) is 12.9. The predicted molar refractivity (Wildman–Crippen MR) is 100 cm³/mol. The minimum atomic E-state index is 0.697. The van der Waals surface area contributed by atoms with E-state index >= 15 is 0 Å². The number of aromatic nitrogens is 1. The molecule has 0 aliphatic carbocycles. The van der Waals surface area contributed by atoms with Crippen molar-refractivity contribution in [2.24, 2.45) is 4.99 Å². The van der Waals surface area contributed by atoms with Crippen molar-refractivity contribution in [2.45, 2.75) is 33.2 Å². The van der Waals surface area contributed by atoms with Crippen LogP contribution >= 0.6 is 38.6 Å². The Kier molecular flexibility index (Phi) is 7.35. The van der Waals surface area contributed by atoms with Gasteiger partial charge in [0, 0.05) is 45.3 Å². The second-order valence-electron chi connectivity index (χ2n) is 4.68. The number of nitrogens with zero attached hydrogens (tertiary/aromatic N) is 2. The van der Waals surface area contributed by atoms with Gasteiger partial charge in [0.15, 0.2) is 5.96 Å². The average molecular weight is 401 g/mol. The molecule has 0 atom stereocenters. The number of hydrogen-bond donors (Lipinski definition) is 2. The normalized spacial score (nSPS) is 11.7. The van der Waals surface area contributed by atoms with Crippen molar-refractivity contribution in [3.05, 3.63) is 36.9 Å². The van der Waals surface area contributed by atoms with E-state index in [4.69, 9.17) is 0 Å². The molecule has 0 bridgehead atoms. The largest absolute Gasteiger partial charge is 0.357 e. The van der Waals surface area contributed by atoms with Gasteiger partial charge in [0.2, 0.25) is 0 Å². The van der Waals surface area contributed by atoms with Gasteiger partial charge in [-0.1, -0.05) is 6.92 Å². The number of halogens is 1. The summed E-state index contributed by atoms with van der Waals surface area (Å²) >= 11 is 6.98. The Hall–Kier alpha value is -0.920. The molecule has 2 aromatic rings. The number of aryl methyl sites for hydroxylation is 1. The minimum Gasteiger partial charge on any atom is -0.357 e. The number of nitrogens with one attached hydrogen (secondary N) is 2. The van der Waals surface area contributed by atoms with E-state index in [9.17, 15) is 0 Å². The molecule has 2 heterocycles. The molecule has 0 saturated heterocycles. The molecule has 2 N–H and O–H groups in total. The van der Waals surface area contributed by atoms with E-state index in [1.54, 1.807) is 22.7 Å². The van der Waals surface area contributed by atoms with Crippen molar-refractivity contribution in [3.63, 3.8) is 0 Å². The molecule has 22 heavy (non-hydrogen) atoms. The summed E-state index contributed by atoms with van der Waals surface area (Å²) in [5, 5.41) is 9.91. The first-order chi connectivity index (χ1) is 10.7. The second-order valence-corrected chi connectivity index (χ2v) is 7.79. The fourth-order valence-electron chi connectivity index (χ4n) is 1.85. The third-order valence-corrected chi connectivity index (χ3v) is 5.82. The fourth-order valence-corrected chi connectivity index (χ4v) is 4.09. The lowest BCUT2D eigenvalue weighted by molar-refractivity contribution is 0.797. The molecule has 4 nitrogen and oxygen atoms in total. The van der Waals surface area contributed by atoms with Gasteiger partial charge in [-0.05, 0) is 35.3 Å². The van der Waals surface area contributed by atoms with Crippen LogP contribution in [-0.4, -0.2) is 24.0 Å². The van der Waals surface area contributed by atoms with Crippen molar-refractivity contribution in [3.8, 4) is 0 Å². The molecule has 0 aliphatic heterocycles. The van der Waals surface area contributed by atoms with Crippen LogP contribution in [0.15, 0.2) is 27.1 Å². The highest BCUT2D eigenvalue weighted by atomic mass is 79.9. The summed E-state index contributed by atoms with van der Waals surface area (Å²) in [7, 11) is 0. The van der Waals surface area contributed by atoms with Gasteiger partial charge < -0.3 is 10.6 Å². The highest BCUT2D eigenvalue weighted by Crippen LogP contribution is 2.20. The number of hydrogen-bond acceptors (Lipinski definition) is 4. The summed E-state index contributed by atoms with van der Waals surface area (Å²) < 4.78 is 1.12. The van der Waals surface area contributed by atoms with Crippen LogP contribution in [0.25, 0.3) is 0 Å². The Morgan fingerprint density at radius 2 is 2.18 bits per heavy atom. The smallest absolute Gasteiger partial charge is 0.191 e. The van der Waals surface area contributed by atoms with E-state index in [-0.39, 0.29) is 0 Å². The maximum atomic E-state index is 4.62. The molecule has 2 aromatic heterocycles. The molecule has 120 valence electrons. The second kappa shape index (κ2) is 9.27. The topological polar surface area (TPSA) is 49.3 Å². The number of thiophene rings is 1. The molecular formula is C15H21BrN4S2. The highest BCUT2D eigenvalue weighted by Gasteiger charge is 2.02. The van der Waals surface area contributed by atoms with E-state index < -0.39 is 0 Å². The molecule has 0 fully saturated rings. The molecule has 7 heteroatoms. The van der Waals surface area contributed by atoms with Crippen LogP contribution in [0.3, 0.4) is 0 Å². The lowest BCUT2D eigenvalue weighted by Crippen LogP contribution is -2.38. The van der Waals surface area contributed by atoms with Gasteiger partial charge in [-0.25, -0.2) is 9.98 Å². The van der Waals surface area contributed by atoms with E-state index in [2.05, 4.69) is 61.8 Å². The Balaban J connectivity index is 1.82. The van der Waals surface area contributed by atoms with Gasteiger partial charge in [-0.2, -0.15) is 0 Å². The standard InChI is InChI=1S/C15H21BrN4S2/c1-3-12-8-19-14(22-12)5-6-18-15(17-4-2)20-9-13-7-11(16)10-21-13/h7-8,10H,3-6,9H2,1-2H3,(H2,17,18,20). The molecule has 0 spiro atoms. The van der Waals surface area contributed by atoms with Gasteiger partial charge in [-0.3, -0.25) is 0 Å². The lowest BCUT2D eigenvalue weighted by atomic mass is 10.4. The molecule has 0 aromatic carbocycles. The molecule has 0 saturated carbocycles. The minimum absolute atomic E-state index is 0.697. The van der Waals surface area contributed by atoms with Crippen molar-refractivity contribution in [1.82, 2.24) is 15.6 Å². The van der Waals surface area contributed by atoms with E-state index in [0.717, 1.165) is 36.4 Å². The summed E-state index contributed by atoms with van der Waals surface area (Å²) in [6, 6.07) is 2.11. The Bertz CT molecular complexity index is 606. The van der Waals surface area contributed by atoms with Crippen molar-refractivity contribution in [1.29, 1.82) is 0 Å². The third-order valence-electron chi connectivity index (χ3n) is 2.94. The lowest BCUT2D eigenvalue weighted by Gasteiger charge is -2.10. The van der Waals surface area contributed by atoms with Gasteiger partial charge >= 0.3 is 0 Å². The van der Waals surface area contributed by atoms with Crippen LogP contribution in [0, 0.1) is 0 Å². The molecule has 0 aliphatic rings. The van der Waals surface area contributed by atoms with Crippen LogP contribution in [-0.2, 0) is 19.4 Å². The Morgan fingerprint density at radius 1 is 1.32 bits per heavy atom. The van der Waals surface area contributed by atoms with Gasteiger partial charge in [0.1, 0.15) is 0 Å². The monoisotopic (exact) mass is 400 g/mol. The number of guanidine groups is 1. The molecule has 0 amide bonds. The Morgan fingerprint density at radius 3 is 2.82 bits per heavy atom. The van der Waals surface area contributed by atoms with E-state index in [0.29, 0.717) is 6.54 Å². The van der Waals surface area contributed by atoms with Crippen LogP contribution < -0.4 is 10.6 Å². The van der Waals surface area contributed by atoms with Crippen LogP contribution in [0.2, 0.25) is 0 Å². The van der Waals surface area contributed by atoms with Crippen LogP contribution in [0.1, 0.15) is 28.6 Å². The molecule has 2 rings (SSSR count). The maximum absolute atomic E-state index is 4.62. The SMILES string of the molecule is CCNC(=NCc1cc(Br)cs1)NCCc1ncc(CC)s1.